The number of pyridine rings is 1. The standard InChI is InChI=1S/C19H21N3O3/c1-2-13-5-3-4-6-16(13)22-17(23)12-25-18-10-9-15(11-20-18)21-19(24)14-7-8-14/h3-6,9-11,14H,2,7-8,12H2,1H3,(H,21,24)(H,22,23). The molecule has 6 nitrogen and oxygen atoms in total. The molecule has 25 heavy (non-hydrogen) atoms. The highest BCUT2D eigenvalue weighted by molar-refractivity contribution is 5.94. The van der Waals surface area contributed by atoms with Crippen LogP contribution >= 0.6 is 0 Å². The number of nitrogens with zero attached hydrogens (tertiary/aromatic N) is 1. The molecule has 130 valence electrons. The van der Waals surface area contributed by atoms with Crippen molar-refractivity contribution in [3.05, 3.63) is 48.2 Å². The van der Waals surface area contributed by atoms with E-state index in [4.69, 9.17) is 4.74 Å². The van der Waals surface area contributed by atoms with Gasteiger partial charge in [-0.1, -0.05) is 25.1 Å². The third-order valence-corrected chi connectivity index (χ3v) is 3.98. The summed E-state index contributed by atoms with van der Waals surface area (Å²) < 4.78 is 5.40. The first-order chi connectivity index (χ1) is 12.2. The first kappa shape index (κ1) is 17.0. The molecule has 2 aromatic rings. The van der Waals surface area contributed by atoms with Crippen LogP contribution in [0.2, 0.25) is 0 Å². The molecule has 3 rings (SSSR count). The summed E-state index contributed by atoms with van der Waals surface area (Å²) in [4.78, 5) is 27.8. The van der Waals surface area contributed by atoms with Crippen molar-refractivity contribution in [1.29, 1.82) is 0 Å². The lowest BCUT2D eigenvalue weighted by Gasteiger charge is -2.10. The molecule has 1 aromatic heterocycles. The van der Waals surface area contributed by atoms with Crippen LogP contribution in [0.25, 0.3) is 0 Å². The number of benzene rings is 1. The van der Waals surface area contributed by atoms with Gasteiger partial charge in [0, 0.05) is 17.7 Å². The van der Waals surface area contributed by atoms with E-state index >= 15 is 0 Å². The molecule has 0 saturated heterocycles. The fraction of sp³-hybridized carbons (Fsp3) is 0.316. The molecule has 1 fully saturated rings. The van der Waals surface area contributed by atoms with Gasteiger partial charge in [0.2, 0.25) is 11.8 Å². The minimum Gasteiger partial charge on any atom is -0.468 e. The van der Waals surface area contributed by atoms with Gasteiger partial charge in [0.05, 0.1) is 11.9 Å². The molecule has 2 N–H and O–H groups in total. The lowest BCUT2D eigenvalue weighted by Crippen LogP contribution is -2.21. The van der Waals surface area contributed by atoms with E-state index < -0.39 is 0 Å². The first-order valence-electron chi connectivity index (χ1n) is 8.43. The Kier molecular flexibility index (Phi) is 5.28. The van der Waals surface area contributed by atoms with Crippen molar-refractivity contribution in [3.8, 4) is 5.88 Å². The average molecular weight is 339 g/mol. The second-order valence-corrected chi connectivity index (χ2v) is 6.00. The first-order valence-corrected chi connectivity index (χ1v) is 8.43. The van der Waals surface area contributed by atoms with Crippen molar-refractivity contribution in [2.24, 2.45) is 5.92 Å². The highest BCUT2D eigenvalue weighted by Gasteiger charge is 2.29. The Bertz CT molecular complexity index is 755. The Morgan fingerprint density at radius 2 is 1.96 bits per heavy atom. The van der Waals surface area contributed by atoms with Gasteiger partial charge < -0.3 is 15.4 Å². The zero-order chi connectivity index (χ0) is 17.6. The van der Waals surface area contributed by atoms with Gasteiger partial charge in [-0.2, -0.15) is 0 Å². The van der Waals surface area contributed by atoms with Crippen molar-refractivity contribution in [2.75, 3.05) is 17.2 Å². The molecule has 2 amide bonds. The van der Waals surface area contributed by atoms with Gasteiger partial charge in [-0.05, 0) is 37.0 Å². The predicted molar refractivity (Wildman–Crippen MR) is 95.5 cm³/mol. The van der Waals surface area contributed by atoms with E-state index in [0.717, 1.165) is 30.5 Å². The summed E-state index contributed by atoms with van der Waals surface area (Å²) >= 11 is 0. The smallest absolute Gasteiger partial charge is 0.262 e. The van der Waals surface area contributed by atoms with Crippen LogP contribution < -0.4 is 15.4 Å². The van der Waals surface area contributed by atoms with Gasteiger partial charge in [-0.3, -0.25) is 9.59 Å². The largest absolute Gasteiger partial charge is 0.468 e. The van der Waals surface area contributed by atoms with Crippen LogP contribution in [-0.2, 0) is 16.0 Å². The Morgan fingerprint density at radius 1 is 1.16 bits per heavy atom. The molecule has 1 aliphatic carbocycles. The molecule has 1 saturated carbocycles. The highest BCUT2D eigenvalue weighted by Crippen LogP contribution is 2.30. The van der Waals surface area contributed by atoms with Crippen LogP contribution in [0.4, 0.5) is 11.4 Å². The van der Waals surface area contributed by atoms with Crippen LogP contribution in [-0.4, -0.2) is 23.4 Å². The van der Waals surface area contributed by atoms with Gasteiger partial charge >= 0.3 is 0 Å². The van der Waals surface area contributed by atoms with Crippen molar-refractivity contribution < 1.29 is 14.3 Å². The topological polar surface area (TPSA) is 80.3 Å². The molecule has 0 radical (unpaired) electrons. The van der Waals surface area contributed by atoms with Gasteiger partial charge in [0.25, 0.3) is 5.91 Å². The third kappa shape index (κ3) is 4.79. The number of rotatable bonds is 7. The summed E-state index contributed by atoms with van der Waals surface area (Å²) in [7, 11) is 0. The molecular formula is C19H21N3O3. The van der Waals surface area contributed by atoms with E-state index in [9.17, 15) is 9.59 Å². The molecule has 0 unspecified atom stereocenters. The summed E-state index contributed by atoms with van der Waals surface area (Å²) in [6.07, 6.45) is 4.28. The van der Waals surface area contributed by atoms with Crippen LogP contribution in [0.5, 0.6) is 5.88 Å². The Balaban J connectivity index is 1.49. The van der Waals surface area contributed by atoms with Crippen LogP contribution in [0.3, 0.4) is 0 Å². The number of ether oxygens (including phenoxy) is 1. The number of nitrogens with one attached hydrogen (secondary N) is 2. The van der Waals surface area contributed by atoms with E-state index in [0.29, 0.717) is 11.6 Å². The number of hydrogen-bond acceptors (Lipinski definition) is 4. The monoisotopic (exact) mass is 339 g/mol. The SMILES string of the molecule is CCc1ccccc1NC(=O)COc1ccc(NC(=O)C2CC2)cn1. The summed E-state index contributed by atoms with van der Waals surface area (Å²) in [5, 5.41) is 5.64. The quantitative estimate of drug-likeness (QED) is 0.812. The van der Waals surface area contributed by atoms with E-state index in [2.05, 4.69) is 15.6 Å². The summed E-state index contributed by atoms with van der Waals surface area (Å²) in [6, 6.07) is 11.0. The Morgan fingerprint density at radius 3 is 2.64 bits per heavy atom. The molecular weight excluding hydrogens is 318 g/mol. The van der Waals surface area contributed by atoms with E-state index in [1.807, 2.05) is 31.2 Å². The molecule has 0 atom stereocenters. The fourth-order valence-corrected chi connectivity index (χ4v) is 2.41. The van der Waals surface area contributed by atoms with Gasteiger partial charge in [0.15, 0.2) is 6.61 Å². The van der Waals surface area contributed by atoms with Gasteiger partial charge in [-0.15, -0.1) is 0 Å². The van der Waals surface area contributed by atoms with Gasteiger partial charge in [-0.25, -0.2) is 4.98 Å². The summed E-state index contributed by atoms with van der Waals surface area (Å²) in [6.45, 7) is 1.91. The number of hydrogen-bond donors (Lipinski definition) is 2. The lowest BCUT2D eigenvalue weighted by molar-refractivity contribution is -0.118. The maximum Gasteiger partial charge on any atom is 0.262 e. The van der Waals surface area contributed by atoms with Crippen LogP contribution in [0.15, 0.2) is 42.6 Å². The maximum atomic E-state index is 12.0. The molecule has 0 aliphatic heterocycles. The summed E-state index contributed by atoms with van der Waals surface area (Å²) in [5.74, 6) is 0.271. The molecule has 0 spiro atoms. The minimum absolute atomic E-state index is 0.0319. The fourth-order valence-electron chi connectivity index (χ4n) is 2.41. The van der Waals surface area contributed by atoms with Crippen molar-refractivity contribution in [1.82, 2.24) is 4.98 Å². The zero-order valence-electron chi connectivity index (χ0n) is 14.1. The van der Waals surface area contributed by atoms with E-state index in [1.165, 1.54) is 6.20 Å². The highest BCUT2D eigenvalue weighted by atomic mass is 16.5. The zero-order valence-corrected chi connectivity index (χ0v) is 14.1. The molecule has 1 aromatic carbocycles. The molecule has 0 bridgehead atoms. The molecule has 6 heteroatoms. The molecule has 1 aliphatic rings. The van der Waals surface area contributed by atoms with Gasteiger partial charge in [0.1, 0.15) is 0 Å². The third-order valence-electron chi connectivity index (χ3n) is 3.98. The number of anilines is 2. The number of carbonyl (C=O) groups is 2. The Labute approximate surface area is 146 Å². The van der Waals surface area contributed by atoms with Crippen LogP contribution in [0.1, 0.15) is 25.3 Å². The predicted octanol–water partition coefficient (Wildman–Crippen LogP) is 3.01. The minimum atomic E-state index is -0.242. The second-order valence-electron chi connectivity index (χ2n) is 6.00. The Hall–Kier alpha value is -2.89. The van der Waals surface area contributed by atoms with Crippen molar-refractivity contribution in [2.45, 2.75) is 26.2 Å². The number of para-hydroxylation sites is 1. The van der Waals surface area contributed by atoms with Crippen molar-refractivity contribution >= 4 is 23.2 Å². The number of aromatic nitrogens is 1. The number of aryl methyl sites for hydroxylation is 1. The number of carbonyl (C=O) groups excluding carboxylic acids is 2. The average Bonchev–Trinajstić information content (AvgIpc) is 3.47. The van der Waals surface area contributed by atoms with E-state index in [-0.39, 0.29) is 24.3 Å². The van der Waals surface area contributed by atoms with Crippen LogP contribution in [0, 0.1) is 5.92 Å². The lowest BCUT2D eigenvalue weighted by atomic mass is 10.1. The summed E-state index contributed by atoms with van der Waals surface area (Å²) in [5.41, 5.74) is 2.50. The van der Waals surface area contributed by atoms with Crippen molar-refractivity contribution in [3.63, 3.8) is 0 Å². The second kappa shape index (κ2) is 7.79. The molecule has 1 heterocycles. The maximum absolute atomic E-state index is 12.0. The number of amides is 2. The normalized spacial score (nSPS) is 13.2. The van der Waals surface area contributed by atoms with E-state index in [1.54, 1.807) is 12.1 Å².